The minimum atomic E-state index is -1.11. The molecule has 2 aromatic rings. The zero-order valence-electron chi connectivity index (χ0n) is 23.4. The van der Waals surface area contributed by atoms with Crippen LogP contribution in [-0.4, -0.2) is 61.3 Å². The van der Waals surface area contributed by atoms with Gasteiger partial charge in [0, 0.05) is 43.2 Å². The van der Waals surface area contributed by atoms with E-state index in [1.807, 2.05) is 12.1 Å². The number of nitrogens with two attached hydrogens (primary N) is 1. The van der Waals surface area contributed by atoms with Crippen LogP contribution in [0.15, 0.2) is 42.5 Å². The Morgan fingerprint density at radius 3 is 2.41 bits per heavy atom. The molecule has 214 valence electrons. The molecule has 0 aliphatic carbocycles. The van der Waals surface area contributed by atoms with Crippen molar-refractivity contribution < 1.29 is 13.9 Å². The summed E-state index contributed by atoms with van der Waals surface area (Å²) in [5.41, 5.74) is 7.24. The lowest BCUT2D eigenvalue weighted by Crippen LogP contribution is -2.52. The average molecular weight is 580 g/mol. The standard InChI is InChI=1S/C30H41Cl2FN4O2/c1-18-16-37(17-19(2)39-18)14-13-35-28(38)27-25(22-7-6-8-23(32)26(22)33)30(34,20-9-11-21(31)12-10-20)24(36-27)15-29(3,4)5/h6-12,18-19,24-25,27,36H,13-17,34H2,1-5H3,(H,35,38). The van der Waals surface area contributed by atoms with E-state index in [1.165, 1.54) is 6.07 Å². The third kappa shape index (κ3) is 6.77. The predicted molar refractivity (Wildman–Crippen MR) is 156 cm³/mol. The number of nitrogens with one attached hydrogen (secondary N) is 2. The van der Waals surface area contributed by atoms with Crippen LogP contribution in [0.2, 0.25) is 10.0 Å². The second kappa shape index (κ2) is 12.0. The molecule has 0 spiro atoms. The summed E-state index contributed by atoms with van der Waals surface area (Å²) in [6.07, 6.45) is 0.955. The highest BCUT2D eigenvalue weighted by Gasteiger charge is 2.57. The second-order valence-corrected chi connectivity index (χ2v) is 13.2. The van der Waals surface area contributed by atoms with Crippen molar-refractivity contribution in [3.63, 3.8) is 0 Å². The summed E-state index contributed by atoms with van der Waals surface area (Å²) in [5.74, 6) is -1.48. The van der Waals surface area contributed by atoms with Gasteiger partial charge in [0.25, 0.3) is 0 Å². The molecule has 0 radical (unpaired) electrons. The highest BCUT2D eigenvalue weighted by atomic mass is 35.5. The second-order valence-electron chi connectivity index (χ2n) is 12.3. The number of halogens is 3. The summed E-state index contributed by atoms with van der Waals surface area (Å²) in [5, 5.41) is 7.21. The number of hydrogen-bond acceptors (Lipinski definition) is 5. The van der Waals surface area contributed by atoms with Gasteiger partial charge in [0.05, 0.1) is 28.8 Å². The molecule has 2 aromatic carbocycles. The first-order valence-corrected chi connectivity index (χ1v) is 14.5. The fraction of sp³-hybridized carbons (Fsp3) is 0.567. The largest absolute Gasteiger partial charge is 0.373 e. The SMILES string of the molecule is CC1CN(CCNC(=O)C2NC(CC(C)(C)C)C(N)(c3ccc(Cl)cc3)C2c2cccc(Cl)c2F)CC(C)O1. The van der Waals surface area contributed by atoms with E-state index in [-0.39, 0.29) is 34.6 Å². The van der Waals surface area contributed by atoms with Crippen molar-refractivity contribution in [2.24, 2.45) is 11.1 Å². The molecule has 2 aliphatic rings. The molecule has 0 saturated carbocycles. The van der Waals surface area contributed by atoms with E-state index < -0.39 is 23.3 Å². The number of rotatable bonds is 7. The van der Waals surface area contributed by atoms with Crippen LogP contribution in [0.3, 0.4) is 0 Å². The van der Waals surface area contributed by atoms with Crippen LogP contribution >= 0.6 is 23.2 Å². The van der Waals surface area contributed by atoms with Gasteiger partial charge in [-0.05, 0) is 55.0 Å². The summed E-state index contributed by atoms with van der Waals surface area (Å²) < 4.78 is 21.5. The van der Waals surface area contributed by atoms with E-state index in [2.05, 4.69) is 50.2 Å². The minimum Gasteiger partial charge on any atom is -0.373 e. The Hall–Kier alpha value is -1.74. The van der Waals surface area contributed by atoms with Gasteiger partial charge >= 0.3 is 0 Å². The molecule has 2 saturated heterocycles. The van der Waals surface area contributed by atoms with Crippen molar-refractivity contribution in [3.8, 4) is 0 Å². The van der Waals surface area contributed by atoms with Crippen LogP contribution in [0, 0.1) is 11.2 Å². The van der Waals surface area contributed by atoms with Crippen LogP contribution in [-0.2, 0) is 15.1 Å². The average Bonchev–Trinajstić information content (AvgIpc) is 3.12. The van der Waals surface area contributed by atoms with Crippen molar-refractivity contribution in [1.82, 2.24) is 15.5 Å². The molecule has 6 atom stereocenters. The molecule has 4 rings (SSSR count). The van der Waals surface area contributed by atoms with Gasteiger partial charge in [-0.2, -0.15) is 0 Å². The van der Waals surface area contributed by atoms with Crippen molar-refractivity contribution in [3.05, 3.63) is 69.5 Å². The Morgan fingerprint density at radius 1 is 1.15 bits per heavy atom. The number of hydrogen-bond donors (Lipinski definition) is 3. The summed E-state index contributed by atoms with van der Waals surface area (Å²) in [4.78, 5) is 16.1. The van der Waals surface area contributed by atoms with Gasteiger partial charge < -0.3 is 21.1 Å². The summed E-state index contributed by atoms with van der Waals surface area (Å²) in [7, 11) is 0. The lowest BCUT2D eigenvalue weighted by Gasteiger charge is -2.39. The van der Waals surface area contributed by atoms with Gasteiger partial charge in [0.2, 0.25) is 5.91 Å². The van der Waals surface area contributed by atoms with Crippen LogP contribution in [0.25, 0.3) is 0 Å². The Labute approximate surface area is 241 Å². The maximum absolute atomic E-state index is 15.7. The summed E-state index contributed by atoms with van der Waals surface area (Å²) in [6.45, 7) is 13.3. The lowest BCUT2D eigenvalue weighted by molar-refractivity contribution is -0.123. The van der Waals surface area contributed by atoms with Gasteiger partial charge in [-0.25, -0.2) is 4.39 Å². The Morgan fingerprint density at radius 2 is 1.79 bits per heavy atom. The monoisotopic (exact) mass is 578 g/mol. The molecule has 39 heavy (non-hydrogen) atoms. The molecule has 0 aromatic heterocycles. The van der Waals surface area contributed by atoms with Gasteiger partial charge in [-0.1, -0.05) is 68.2 Å². The predicted octanol–water partition coefficient (Wildman–Crippen LogP) is 5.07. The van der Waals surface area contributed by atoms with Crippen LogP contribution in [0.5, 0.6) is 0 Å². The third-order valence-corrected chi connectivity index (χ3v) is 8.33. The quantitative estimate of drug-likeness (QED) is 0.427. The van der Waals surface area contributed by atoms with E-state index in [4.69, 9.17) is 33.7 Å². The number of benzene rings is 2. The normalized spacial score (nSPS) is 29.9. The van der Waals surface area contributed by atoms with Gasteiger partial charge in [0.1, 0.15) is 5.82 Å². The maximum atomic E-state index is 15.7. The van der Waals surface area contributed by atoms with Crippen molar-refractivity contribution >= 4 is 29.1 Å². The molecule has 4 N–H and O–H groups in total. The van der Waals surface area contributed by atoms with E-state index in [0.29, 0.717) is 30.1 Å². The fourth-order valence-corrected chi connectivity index (χ4v) is 6.55. The smallest absolute Gasteiger partial charge is 0.237 e. The lowest BCUT2D eigenvalue weighted by atomic mass is 9.68. The number of carbonyl (C=O) groups is 1. The van der Waals surface area contributed by atoms with Crippen LogP contribution in [0.4, 0.5) is 4.39 Å². The van der Waals surface area contributed by atoms with Gasteiger partial charge in [0.15, 0.2) is 0 Å². The molecular weight excluding hydrogens is 538 g/mol. The molecule has 2 aliphatic heterocycles. The highest BCUT2D eigenvalue weighted by Crippen LogP contribution is 2.49. The van der Waals surface area contributed by atoms with Gasteiger partial charge in [-0.15, -0.1) is 0 Å². The number of amides is 1. The van der Waals surface area contributed by atoms with E-state index >= 15 is 4.39 Å². The molecule has 2 fully saturated rings. The number of morpholine rings is 1. The maximum Gasteiger partial charge on any atom is 0.237 e. The first-order chi connectivity index (χ1) is 18.3. The Bertz CT molecular complexity index is 1150. The molecular formula is C30H41Cl2FN4O2. The Balaban J connectivity index is 1.69. The van der Waals surface area contributed by atoms with Gasteiger partial charge in [-0.3, -0.25) is 9.69 Å². The zero-order valence-corrected chi connectivity index (χ0v) is 25.0. The molecule has 9 heteroatoms. The van der Waals surface area contributed by atoms with Crippen LogP contribution in [0.1, 0.15) is 58.1 Å². The zero-order chi connectivity index (χ0) is 28.5. The minimum absolute atomic E-state index is 0.0000530. The summed E-state index contributed by atoms with van der Waals surface area (Å²) in [6, 6.07) is 11.1. The van der Waals surface area contributed by atoms with Crippen molar-refractivity contribution in [2.45, 2.75) is 76.8 Å². The molecule has 0 bridgehead atoms. The van der Waals surface area contributed by atoms with E-state index in [0.717, 1.165) is 18.7 Å². The summed E-state index contributed by atoms with van der Waals surface area (Å²) >= 11 is 12.5. The van der Waals surface area contributed by atoms with E-state index in [1.54, 1.807) is 24.3 Å². The van der Waals surface area contributed by atoms with Crippen molar-refractivity contribution in [1.29, 1.82) is 0 Å². The number of nitrogens with zero attached hydrogens (tertiary/aromatic N) is 1. The first kappa shape index (κ1) is 30.2. The highest BCUT2D eigenvalue weighted by molar-refractivity contribution is 6.31. The molecule has 6 nitrogen and oxygen atoms in total. The van der Waals surface area contributed by atoms with Crippen molar-refractivity contribution in [2.75, 3.05) is 26.2 Å². The van der Waals surface area contributed by atoms with E-state index in [9.17, 15) is 4.79 Å². The Kier molecular flexibility index (Phi) is 9.31. The fourth-order valence-electron chi connectivity index (χ4n) is 6.24. The number of ether oxygens (including phenoxy) is 1. The van der Waals surface area contributed by atoms with Crippen LogP contribution < -0.4 is 16.4 Å². The molecule has 2 heterocycles. The number of carbonyl (C=O) groups excluding carboxylic acids is 1. The molecule has 6 unspecified atom stereocenters. The first-order valence-electron chi connectivity index (χ1n) is 13.7. The molecule has 1 amide bonds. The topological polar surface area (TPSA) is 79.6 Å². The third-order valence-electron chi connectivity index (χ3n) is 7.79.